The molecule has 4 rings (SSSR count). The van der Waals surface area contributed by atoms with Crippen molar-refractivity contribution in [1.29, 1.82) is 0 Å². The van der Waals surface area contributed by atoms with Crippen molar-refractivity contribution in [3.63, 3.8) is 0 Å². The summed E-state index contributed by atoms with van der Waals surface area (Å²) in [6.45, 7) is 1.78. The summed E-state index contributed by atoms with van der Waals surface area (Å²) in [5.74, 6) is 1.12. The van der Waals surface area contributed by atoms with Gasteiger partial charge in [0.25, 0.3) is 0 Å². The molecular weight excluding hydrogens is 355 g/mol. The van der Waals surface area contributed by atoms with E-state index >= 15 is 0 Å². The fraction of sp³-hybridized carbons (Fsp3) is 0.278. The molecule has 1 aliphatic rings. The van der Waals surface area contributed by atoms with E-state index in [4.69, 9.17) is 0 Å². The summed E-state index contributed by atoms with van der Waals surface area (Å²) < 4.78 is 38.7. The molecule has 1 fully saturated rings. The molecule has 0 bridgehead atoms. The number of benzene rings is 1. The first kappa shape index (κ1) is 16.8. The molecule has 1 atom stereocenters. The third-order valence-electron chi connectivity index (χ3n) is 4.43. The standard InChI is InChI=1S/C18H17FN4O2S/c1-12-21-18(23(22-12)16-7-8-26(24,25)11-16)14-5-6-17(20-10-14)13-3-2-4-15(19)9-13/h2-6,9-10,16H,7-8,11H2,1H3/t16-/m1/s1. The zero-order valence-corrected chi connectivity index (χ0v) is 14.9. The van der Waals surface area contributed by atoms with E-state index in [0.29, 0.717) is 29.3 Å². The highest BCUT2D eigenvalue weighted by Crippen LogP contribution is 2.29. The molecule has 3 aromatic rings. The van der Waals surface area contributed by atoms with Gasteiger partial charge in [-0.3, -0.25) is 4.98 Å². The average molecular weight is 372 g/mol. The van der Waals surface area contributed by atoms with E-state index in [1.165, 1.54) is 12.1 Å². The quantitative estimate of drug-likeness (QED) is 0.706. The third kappa shape index (κ3) is 3.24. The lowest BCUT2D eigenvalue weighted by Crippen LogP contribution is -2.14. The number of hydrogen-bond donors (Lipinski definition) is 0. The van der Waals surface area contributed by atoms with Gasteiger partial charge in [0.15, 0.2) is 15.7 Å². The Morgan fingerprint density at radius 2 is 2.04 bits per heavy atom. The van der Waals surface area contributed by atoms with Crippen molar-refractivity contribution in [2.75, 3.05) is 11.5 Å². The van der Waals surface area contributed by atoms with Gasteiger partial charge in [-0.2, -0.15) is 5.10 Å². The molecular formula is C18H17FN4O2S. The van der Waals surface area contributed by atoms with Gasteiger partial charge in [-0.15, -0.1) is 0 Å². The van der Waals surface area contributed by atoms with E-state index in [9.17, 15) is 12.8 Å². The second kappa shape index (κ2) is 6.28. The molecule has 0 aliphatic carbocycles. The van der Waals surface area contributed by atoms with Crippen LogP contribution >= 0.6 is 0 Å². The maximum absolute atomic E-state index is 13.4. The van der Waals surface area contributed by atoms with Crippen molar-refractivity contribution in [3.05, 3.63) is 54.2 Å². The molecule has 0 saturated carbocycles. The van der Waals surface area contributed by atoms with Crippen molar-refractivity contribution in [3.8, 4) is 22.6 Å². The summed E-state index contributed by atoms with van der Waals surface area (Å²) in [6, 6.07) is 9.68. The Labute approximate surface area is 150 Å². The molecule has 0 spiro atoms. The van der Waals surface area contributed by atoms with E-state index in [1.54, 1.807) is 36.0 Å². The van der Waals surface area contributed by atoms with Crippen molar-refractivity contribution >= 4 is 9.84 Å². The van der Waals surface area contributed by atoms with Gasteiger partial charge in [0.2, 0.25) is 0 Å². The maximum atomic E-state index is 13.4. The van der Waals surface area contributed by atoms with Gasteiger partial charge in [-0.25, -0.2) is 22.5 Å². The zero-order valence-electron chi connectivity index (χ0n) is 14.1. The molecule has 0 radical (unpaired) electrons. The SMILES string of the molecule is Cc1nc(-c2ccc(-c3cccc(F)c3)nc2)n([C@@H]2CCS(=O)(=O)C2)n1. The minimum Gasteiger partial charge on any atom is -0.255 e. The molecule has 3 heterocycles. The topological polar surface area (TPSA) is 77.7 Å². The number of halogens is 1. The van der Waals surface area contributed by atoms with Gasteiger partial charge in [0, 0.05) is 17.3 Å². The molecule has 2 aromatic heterocycles. The molecule has 0 N–H and O–H groups in total. The smallest absolute Gasteiger partial charge is 0.160 e. The van der Waals surface area contributed by atoms with Crippen LogP contribution in [0, 0.1) is 12.7 Å². The lowest BCUT2D eigenvalue weighted by atomic mass is 10.1. The fourth-order valence-electron chi connectivity index (χ4n) is 3.19. The van der Waals surface area contributed by atoms with E-state index in [-0.39, 0.29) is 23.4 Å². The lowest BCUT2D eigenvalue weighted by molar-refractivity contribution is 0.501. The molecule has 134 valence electrons. The van der Waals surface area contributed by atoms with Crippen molar-refractivity contribution in [2.45, 2.75) is 19.4 Å². The van der Waals surface area contributed by atoms with Crippen LogP contribution in [0.3, 0.4) is 0 Å². The van der Waals surface area contributed by atoms with Crippen molar-refractivity contribution in [2.24, 2.45) is 0 Å². The number of pyridine rings is 1. The summed E-state index contributed by atoms with van der Waals surface area (Å²) >= 11 is 0. The largest absolute Gasteiger partial charge is 0.255 e. The van der Waals surface area contributed by atoms with E-state index in [0.717, 1.165) is 5.56 Å². The Bertz CT molecular complexity index is 1060. The van der Waals surface area contributed by atoms with Gasteiger partial charge in [-0.1, -0.05) is 12.1 Å². The van der Waals surface area contributed by atoms with Crippen LogP contribution in [-0.2, 0) is 9.84 Å². The second-order valence-corrected chi connectivity index (χ2v) is 8.66. The monoisotopic (exact) mass is 372 g/mol. The normalized spacial score (nSPS) is 18.9. The predicted octanol–water partition coefficient (Wildman–Crippen LogP) is 2.81. The number of hydrogen-bond acceptors (Lipinski definition) is 5. The number of sulfone groups is 1. The predicted molar refractivity (Wildman–Crippen MR) is 95.7 cm³/mol. The molecule has 1 aromatic carbocycles. The molecule has 26 heavy (non-hydrogen) atoms. The second-order valence-electron chi connectivity index (χ2n) is 6.43. The summed E-state index contributed by atoms with van der Waals surface area (Å²) in [7, 11) is -3.02. The highest BCUT2D eigenvalue weighted by molar-refractivity contribution is 7.91. The first-order chi connectivity index (χ1) is 12.4. The minimum absolute atomic E-state index is 0.0810. The summed E-state index contributed by atoms with van der Waals surface area (Å²) in [6.07, 6.45) is 2.19. The molecule has 1 saturated heterocycles. The van der Waals surface area contributed by atoms with Crippen LogP contribution in [0.4, 0.5) is 4.39 Å². The number of aromatic nitrogens is 4. The van der Waals surface area contributed by atoms with Gasteiger partial charge >= 0.3 is 0 Å². The average Bonchev–Trinajstić information content (AvgIpc) is 3.17. The Balaban J connectivity index is 1.68. The van der Waals surface area contributed by atoms with Crippen LogP contribution in [0.25, 0.3) is 22.6 Å². The molecule has 6 nitrogen and oxygen atoms in total. The van der Waals surface area contributed by atoms with Crippen LogP contribution in [0.1, 0.15) is 18.3 Å². The van der Waals surface area contributed by atoms with E-state index in [1.807, 2.05) is 6.07 Å². The van der Waals surface area contributed by atoms with Crippen molar-refractivity contribution in [1.82, 2.24) is 19.7 Å². The highest BCUT2D eigenvalue weighted by Gasteiger charge is 2.31. The first-order valence-electron chi connectivity index (χ1n) is 8.27. The van der Waals surface area contributed by atoms with Gasteiger partial charge < -0.3 is 0 Å². The van der Waals surface area contributed by atoms with E-state index < -0.39 is 9.84 Å². The van der Waals surface area contributed by atoms with Crippen LogP contribution in [-0.4, -0.2) is 39.7 Å². The molecule has 0 amide bonds. The first-order valence-corrected chi connectivity index (χ1v) is 10.1. The van der Waals surface area contributed by atoms with Crippen LogP contribution in [0.5, 0.6) is 0 Å². The zero-order chi connectivity index (χ0) is 18.3. The minimum atomic E-state index is -3.02. The fourth-order valence-corrected chi connectivity index (χ4v) is 4.89. The number of rotatable bonds is 3. The Morgan fingerprint density at radius 1 is 1.19 bits per heavy atom. The van der Waals surface area contributed by atoms with Crippen LogP contribution < -0.4 is 0 Å². The van der Waals surface area contributed by atoms with Gasteiger partial charge in [0.1, 0.15) is 11.6 Å². The summed E-state index contributed by atoms with van der Waals surface area (Å²) in [4.78, 5) is 8.85. The van der Waals surface area contributed by atoms with Crippen LogP contribution in [0.15, 0.2) is 42.6 Å². The number of nitrogens with zero attached hydrogens (tertiary/aromatic N) is 4. The Morgan fingerprint density at radius 3 is 2.69 bits per heavy atom. The third-order valence-corrected chi connectivity index (χ3v) is 6.18. The molecule has 1 aliphatic heterocycles. The van der Waals surface area contributed by atoms with Gasteiger partial charge in [0.05, 0.1) is 23.2 Å². The molecule has 0 unspecified atom stereocenters. The Hall–Kier alpha value is -2.61. The summed E-state index contributed by atoms with van der Waals surface area (Å²) in [5.41, 5.74) is 2.09. The Kier molecular flexibility index (Phi) is 4.07. The number of aryl methyl sites for hydroxylation is 1. The highest BCUT2D eigenvalue weighted by atomic mass is 32.2. The molecule has 8 heteroatoms. The van der Waals surface area contributed by atoms with Gasteiger partial charge in [-0.05, 0) is 37.6 Å². The van der Waals surface area contributed by atoms with E-state index in [2.05, 4.69) is 15.1 Å². The van der Waals surface area contributed by atoms with Crippen LogP contribution in [0.2, 0.25) is 0 Å². The maximum Gasteiger partial charge on any atom is 0.160 e. The lowest BCUT2D eigenvalue weighted by Gasteiger charge is -2.12. The van der Waals surface area contributed by atoms with Crippen molar-refractivity contribution < 1.29 is 12.8 Å². The summed E-state index contributed by atoms with van der Waals surface area (Å²) in [5, 5.41) is 4.39.